The molecule has 1 heterocycles. The summed E-state index contributed by atoms with van der Waals surface area (Å²) in [7, 11) is 0. The molecular formula is C17H26N2O3. The van der Waals surface area contributed by atoms with Crippen LogP contribution in [0.15, 0.2) is 30.3 Å². The molecule has 22 heavy (non-hydrogen) atoms. The lowest BCUT2D eigenvalue weighted by Crippen LogP contribution is -2.51. The summed E-state index contributed by atoms with van der Waals surface area (Å²) in [5.41, 5.74) is 5.57. The van der Waals surface area contributed by atoms with Crippen LogP contribution in [0.25, 0.3) is 0 Å². The highest BCUT2D eigenvalue weighted by Crippen LogP contribution is 2.19. The molecule has 2 rings (SSSR count). The Labute approximate surface area is 132 Å². The lowest BCUT2D eigenvalue weighted by Gasteiger charge is -2.30. The van der Waals surface area contributed by atoms with Crippen LogP contribution in [0.1, 0.15) is 26.7 Å². The molecule has 1 aromatic carbocycles. The van der Waals surface area contributed by atoms with E-state index in [1.165, 1.54) is 0 Å². The van der Waals surface area contributed by atoms with E-state index < -0.39 is 11.6 Å². The minimum atomic E-state index is -0.494. The Bertz CT molecular complexity index is 470. The van der Waals surface area contributed by atoms with Gasteiger partial charge >= 0.3 is 0 Å². The number of benzene rings is 1. The molecule has 1 fully saturated rings. The third-order valence-corrected chi connectivity index (χ3v) is 3.90. The largest absolute Gasteiger partial charge is 0.486 e. The second kappa shape index (κ2) is 7.61. The predicted molar refractivity (Wildman–Crippen MR) is 85.7 cm³/mol. The van der Waals surface area contributed by atoms with Crippen molar-refractivity contribution in [3.63, 3.8) is 0 Å². The fourth-order valence-electron chi connectivity index (χ4n) is 2.55. The first-order valence-corrected chi connectivity index (χ1v) is 7.83. The number of ether oxygens (including phenoxy) is 2. The molecule has 5 heteroatoms. The number of rotatable bonds is 6. The average Bonchev–Trinajstić information content (AvgIpc) is 2.53. The highest BCUT2D eigenvalue weighted by Gasteiger charge is 2.28. The number of amides is 1. The zero-order chi connectivity index (χ0) is 16.0. The Morgan fingerprint density at radius 2 is 2.00 bits per heavy atom. The summed E-state index contributed by atoms with van der Waals surface area (Å²) in [4.78, 5) is 12.2. The van der Waals surface area contributed by atoms with Gasteiger partial charge in [0.2, 0.25) is 5.91 Å². The molecule has 1 aromatic rings. The Kier molecular flexibility index (Phi) is 5.80. The Morgan fingerprint density at radius 3 is 2.64 bits per heavy atom. The Balaban J connectivity index is 1.81. The van der Waals surface area contributed by atoms with Crippen LogP contribution in [-0.4, -0.2) is 37.3 Å². The monoisotopic (exact) mass is 306 g/mol. The van der Waals surface area contributed by atoms with Crippen LogP contribution in [0.3, 0.4) is 0 Å². The first-order valence-electron chi connectivity index (χ1n) is 7.83. The summed E-state index contributed by atoms with van der Waals surface area (Å²) in [6.07, 6.45) is 1.69. The van der Waals surface area contributed by atoms with Gasteiger partial charge in [-0.15, -0.1) is 0 Å². The number of carbonyl (C=O) groups is 1. The molecule has 0 saturated carbocycles. The molecule has 122 valence electrons. The van der Waals surface area contributed by atoms with Crippen LogP contribution >= 0.6 is 0 Å². The number of carbonyl (C=O) groups excluding carboxylic acids is 1. The van der Waals surface area contributed by atoms with Crippen LogP contribution in [0, 0.1) is 5.92 Å². The van der Waals surface area contributed by atoms with Crippen molar-refractivity contribution in [2.45, 2.75) is 38.3 Å². The summed E-state index contributed by atoms with van der Waals surface area (Å²) < 4.78 is 11.2. The zero-order valence-electron chi connectivity index (χ0n) is 13.4. The Hall–Kier alpha value is -1.59. The molecule has 1 amide bonds. The standard InChI is InChI=1S/C17H26N2O3/c1-17(2,22-14-6-4-3-5-7-14)12-19-16(20)15(18)13-8-10-21-11-9-13/h3-7,13,15H,8-12,18H2,1-2H3,(H,19,20). The molecule has 0 spiro atoms. The van der Waals surface area contributed by atoms with Crippen LogP contribution in [-0.2, 0) is 9.53 Å². The fraction of sp³-hybridized carbons (Fsp3) is 0.588. The van der Waals surface area contributed by atoms with E-state index in [0.717, 1.165) is 18.6 Å². The van der Waals surface area contributed by atoms with Gasteiger partial charge in [0.15, 0.2) is 0 Å². The van der Waals surface area contributed by atoms with Crippen molar-refractivity contribution < 1.29 is 14.3 Å². The summed E-state index contributed by atoms with van der Waals surface area (Å²) >= 11 is 0. The van der Waals surface area contributed by atoms with E-state index in [2.05, 4.69) is 5.32 Å². The van der Waals surface area contributed by atoms with Gasteiger partial charge in [-0.3, -0.25) is 4.79 Å². The number of nitrogens with two attached hydrogens (primary N) is 1. The summed E-state index contributed by atoms with van der Waals surface area (Å²) in [5.74, 6) is 0.874. The quantitative estimate of drug-likeness (QED) is 0.839. The minimum Gasteiger partial charge on any atom is -0.486 e. The van der Waals surface area contributed by atoms with E-state index >= 15 is 0 Å². The second-order valence-corrected chi connectivity index (χ2v) is 6.37. The molecule has 3 N–H and O–H groups in total. The first-order chi connectivity index (χ1) is 10.5. The average molecular weight is 306 g/mol. The van der Waals surface area contributed by atoms with E-state index in [0.29, 0.717) is 19.8 Å². The molecule has 1 unspecified atom stereocenters. The number of hydrogen-bond acceptors (Lipinski definition) is 4. The Morgan fingerprint density at radius 1 is 1.36 bits per heavy atom. The molecule has 1 atom stereocenters. The van der Waals surface area contributed by atoms with Crippen LogP contribution in [0.2, 0.25) is 0 Å². The van der Waals surface area contributed by atoms with Crippen molar-refractivity contribution in [1.82, 2.24) is 5.32 Å². The van der Waals surface area contributed by atoms with Crippen LogP contribution in [0.5, 0.6) is 5.75 Å². The van der Waals surface area contributed by atoms with Gasteiger partial charge in [0.25, 0.3) is 0 Å². The molecule has 5 nitrogen and oxygen atoms in total. The third-order valence-electron chi connectivity index (χ3n) is 3.90. The third kappa shape index (κ3) is 5.00. The van der Waals surface area contributed by atoms with Crippen molar-refractivity contribution in [3.05, 3.63) is 30.3 Å². The van der Waals surface area contributed by atoms with Gasteiger partial charge in [-0.1, -0.05) is 18.2 Å². The summed E-state index contributed by atoms with van der Waals surface area (Å²) in [5, 5.41) is 2.91. The topological polar surface area (TPSA) is 73.6 Å². The molecule has 0 aliphatic carbocycles. The molecule has 1 saturated heterocycles. The second-order valence-electron chi connectivity index (χ2n) is 6.37. The van der Waals surface area contributed by atoms with Gasteiger partial charge in [-0.05, 0) is 44.7 Å². The highest BCUT2D eigenvalue weighted by molar-refractivity contribution is 5.81. The maximum atomic E-state index is 12.2. The molecular weight excluding hydrogens is 280 g/mol. The van der Waals surface area contributed by atoms with Crippen LogP contribution in [0.4, 0.5) is 0 Å². The van der Waals surface area contributed by atoms with Crippen LogP contribution < -0.4 is 15.8 Å². The molecule has 0 radical (unpaired) electrons. The first kappa shape index (κ1) is 16.8. The molecule has 1 aliphatic rings. The normalized spacial score (nSPS) is 17.8. The summed E-state index contributed by atoms with van der Waals surface area (Å²) in [6, 6.07) is 9.11. The molecule has 0 aromatic heterocycles. The van der Waals surface area contributed by atoms with Crippen molar-refractivity contribution >= 4 is 5.91 Å². The maximum absolute atomic E-state index is 12.2. The van der Waals surface area contributed by atoms with Gasteiger partial charge in [0, 0.05) is 13.2 Å². The van der Waals surface area contributed by atoms with Gasteiger partial charge in [-0.25, -0.2) is 0 Å². The molecule has 0 bridgehead atoms. The van der Waals surface area contributed by atoms with Crippen molar-refractivity contribution in [3.8, 4) is 5.75 Å². The number of para-hydroxylation sites is 1. The smallest absolute Gasteiger partial charge is 0.237 e. The van der Waals surface area contributed by atoms with E-state index in [1.807, 2.05) is 44.2 Å². The van der Waals surface area contributed by atoms with Crippen molar-refractivity contribution in [2.75, 3.05) is 19.8 Å². The lowest BCUT2D eigenvalue weighted by atomic mass is 9.91. The number of hydrogen-bond donors (Lipinski definition) is 2. The summed E-state index contributed by atoms with van der Waals surface area (Å²) in [6.45, 7) is 5.68. The minimum absolute atomic E-state index is 0.114. The van der Waals surface area contributed by atoms with Crippen molar-refractivity contribution in [2.24, 2.45) is 11.7 Å². The van der Waals surface area contributed by atoms with Gasteiger partial charge in [0.1, 0.15) is 11.4 Å². The van der Waals surface area contributed by atoms with Gasteiger partial charge in [-0.2, -0.15) is 0 Å². The van der Waals surface area contributed by atoms with E-state index in [9.17, 15) is 4.79 Å². The number of nitrogens with one attached hydrogen (secondary N) is 1. The van der Waals surface area contributed by atoms with E-state index in [1.54, 1.807) is 0 Å². The molecule has 1 aliphatic heterocycles. The van der Waals surface area contributed by atoms with Gasteiger partial charge in [0.05, 0.1) is 12.6 Å². The highest BCUT2D eigenvalue weighted by atomic mass is 16.5. The van der Waals surface area contributed by atoms with E-state index in [4.69, 9.17) is 15.2 Å². The zero-order valence-corrected chi connectivity index (χ0v) is 13.4. The fourth-order valence-corrected chi connectivity index (χ4v) is 2.55. The van der Waals surface area contributed by atoms with Gasteiger partial charge < -0.3 is 20.5 Å². The van der Waals surface area contributed by atoms with E-state index in [-0.39, 0.29) is 11.8 Å². The van der Waals surface area contributed by atoms with Crippen molar-refractivity contribution in [1.29, 1.82) is 0 Å². The SMILES string of the molecule is CC(C)(CNC(=O)C(N)C1CCOCC1)Oc1ccccc1. The maximum Gasteiger partial charge on any atom is 0.237 e. The lowest BCUT2D eigenvalue weighted by molar-refractivity contribution is -0.125. The predicted octanol–water partition coefficient (Wildman–Crippen LogP) is 1.71.